The summed E-state index contributed by atoms with van der Waals surface area (Å²) < 4.78 is 1.82. The average Bonchev–Trinajstić information content (AvgIpc) is 3.03. The highest BCUT2D eigenvalue weighted by molar-refractivity contribution is 5.89. The fraction of sp³-hybridized carbons (Fsp3) is 0. The number of fused-ring (bicyclic) bond motifs is 1. The first-order valence-electron chi connectivity index (χ1n) is 5.39. The zero-order chi connectivity index (χ0) is 15.1. The lowest BCUT2D eigenvalue weighted by atomic mass is 10.4. The van der Waals surface area contributed by atoms with Gasteiger partial charge in [0.05, 0.1) is 4.92 Å². The molecule has 0 aromatic carbocycles. The molecule has 0 saturated carbocycles. The van der Waals surface area contributed by atoms with Crippen molar-refractivity contribution in [3.63, 3.8) is 0 Å². The van der Waals surface area contributed by atoms with Gasteiger partial charge in [-0.05, 0) is 12.1 Å². The Labute approximate surface area is 113 Å². The summed E-state index contributed by atoms with van der Waals surface area (Å²) in [7, 11) is 0. The number of aromatic carboxylic acids is 1. The van der Waals surface area contributed by atoms with Gasteiger partial charge >= 0.3 is 17.3 Å². The fourth-order valence-electron chi connectivity index (χ4n) is 1.68. The Morgan fingerprint density at radius 3 is 2.76 bits per heavy atom. The van der Waals surface area contributed by atoms with E-state index in [0.717, 1.165) is 15.4 Å². The lowest BCUT2D eigenvalue weighted by Gasteiger charge is -1.98. The molecular weight excluding hydrogens is 286 g/mol. The number of nitrogens with one attached hydrogen (secondary N) is 1. The minimum absolute atomic E-state index is 0.0293. The topological polar surface area (TPSA) is 161 Å². The van der Waals surface area contributed by atoms with E-state index in [-0.39, 0.29) is 11.5 Å². The highest BCUT2D eigenvalue weighted by Crippen LogP contribution is 2.18. The molecule has 0 spiro atoms. The Balaban J connectivity index is 2.20. The third-order valence-electron chi connectivity index (χ3n) is 2.59. The van der Waals surface area contributed by atoms with E-state index in [1.807, 2.05) is 0 Å². The van der Waals surface area contributed by atoms with E-state index in [2.05, 4.69) is 20.4 Å². The summed E-state index contributed by atoms with van der Waals surface area (Å²) in [5.41, 5.74) is -1.76. The molecule has 21 heavy (non-hydrogen) atoms. The molecule has 0 radical (unpaired) electrons. The lowest BCUT2D eigenvalue weighted by molar-refractivity contribution is -0.385. The van der Waals surface area contributed by atoms with Crippen molar-refractivity contribution in [3.8, 4) is 5.82 Å². The third kappa shape index (κ3) is 1.90. The van der Waals surface area contributed by atoms with E-state index in [1.165, 1.54) is 12.1 Å². The summed E-state index contributed by atoms with van der Waals surface area (Å²) in [5, 5.41) is 33.0. The predicted octanol–water partition coefficient (Wildman–Crippen LogP) is -0.790. The normalized spacial score (nSPS) is 10.9. The Morgan fingerprint density at radius 2 is 2.14 bits per heavy atom. The summed E-state index contributed by atoms with van der Waals surface area (Å²) in [6, 6.07) is 2.81. The van der Waals surface area contributed by atoms with Gasteiger partial charge in [0.2, 0.25) is 5.69 Å². The van der Waals surface area contributed by atoms with Crippen molar-refractivity contribution in [2.75, 3.05) is 0 Å². The molecule has 3 aromatic heterocycles. The van der Waals surface area contributed by atoms with Crippen molar-refractivity contribution in [1.82, 2.24) is 29.6 Å². The minimum atomic E-state index is -1.54. The van der Waals surface area contributed by atoms with Crippen LogP contribution < -0.4 is 5.69 Å². The van der Waals surface area contributed by atoms with Gasteiger partial charge in [-0.15, -0.1) is 5.10 Å². The number of H-pyrrole nitrogens is 1. The first-order chi connectivity index (χ1) is 9.97. The van der Waals surface area contributed by atoms with Gasteiger partial charge in [-0.25, -0.2) is 19.4 Å². The summed E-state index contributed by atoms with van der Waals surface area (Å²) in [6.45, 7) is 0. The van der Waals surface area contributed by atoms with E-state index in [4.69, 9.17) is 5.11 Å². The van der Waals surface area contributed by atoms with E-state index in [0.29, 0.717) is 0 Å². The number of carboxylic acid groups (broad SMARTS) is 1. The second-order valence-electron chi connectivity index (χ2n) is 3.86. The molecule has 12 nitrogen and oxygen atoms in total. The van der Waals surface area contributed by atoms with Crippen LogP contribution in [0.25, 0.3) is 11.5 Å². The number of aromatic nitrogens is 6. The first-order valence-corrected chi connectivity index (χ1v) is 5.39. The minimum Gasteiger partial charge on any atom is -0.476 e. The van der Waals surface area contributed by atoms with Crippen LogP contribution >= 0.6 is 0 Å². The number of aromatic amines is 1. The smallest absolute Gasteiger partial charge is 0.364 e. The number of rotatable bonds is 3. The van der Waals surface area contributed by atoms with Crippen molar-refractivity contribution >= 4 is 17.3 Å². The van der Waals surface area contributed by atoms with E-state index in [1.54, 1.807) is 0 Å². The molecule has 0 fully saturated rings. The number of nitro groups is 1. The second-order valence-corrected chi connectivity index (χ2v) is 3.86. The first kappa shape index (κ1) is 12.5. The van der Waals surface area contributed by atoms with Crippen LogP contribution in [0, 0.1) is 10.1 Å². The molecule has 2 N–H and O–H groups in total. The molecule has 0 bridgehead atoms. The molecule has 0 unspecified atom stereocenters. The Morgan fingerprint density at radius 1 is 1.38 bits per heavy atom. The summed E-state index contributed by atoms with van der Waals surface area (Å²) in [6.07, 6.45) is 0.905. The lowest BCUT2D eigenvalue weighted by Crippen LogP contribution is -2.14. The predicted molar refractivity (Wildman–Crippen MR) is 64.3 cm³/mol. The Kier molecular flexibility index (Phi) is 2.51. The van der Waals surface area contributed by atoms with Crippen LogP contribution in [0.5, 0.6) is 0 Å². The number of hydrogen-bond donors (Lipinski definition) is 2. The van der Waals surface area contributed by atoms with Crippen LogP contribution in [0.15, 0.2) is 23.1 Å². The molecular formula is C9H5N7O5. The molecule has 0 amide bonds. The van der Waals surface area contributed by atoms with Crippen molar-refractivity contribution < 1.29 is 14.8 Å². The molecule has 0 atom stereocenters. The highest BCUT2D eigenvalue weighted by Gasteiger charge is 2.26. The second kappa shape index (κ2) is 4.22. The van der Waals surface area contributed by atoms with E-state index < -0.39 is 28.0 Å². The monoisotopic (exact) mass is 291 g/mol. The molecule has 0 aliphatic carbocycles. The molecule has 3 aromatic rings. The van der Waals surface area contributed by atoms with Gasteiger partial charge in [-0.2, -0.15) is 14.7 Å². The van der Waals surface area contributed by atoms with Crippen molar-refractivity contribution in [1.29, 1.82) is 0 Å². The summed E-state index contributed by atoms with van der Waals surface area (Å²) in [4.78, 5) is 32.3. The Hall–Kier alpha value is -3.57. The van der Waals surface area contributed by atoms with Crippen molar-refractivity contribution in [3.05, 3.63) is 44.6 Å². The largest absolute Gasteiger partial charge is 0.476 e. The maximum atomic E-state index is 11.4. The maximum Gasteiger partial charge on any atom is 0.364 e. The van der Waals surface area contributed by atoms with E-state index in [9.17, 15) is 19.7 Å². The molecule has 0 aliphatic heterocycles. The zero-order valence-electron chi connectivity index (χ0n) is 10.00. The molecule has 3 heterocycles. The molecule has 0 saturated heterocycles. The number of hydrogen-bond acceptors (Lipinski definition) is 7. The van der Waals surface area contributed by atoms with Crippen LogP contribution in [0.3, 0.4) is 0 Å². The zero-order valence-corrected chi connectivity index (χ0v) is 10.00. The number of carbonyl (C=O) groups is 1. The number of carboxylic acids is 1. The average molecular weight is 291 g/mol. The van der Waals surface area contributed by atoms with Crippen molar-refractivity contribution in [2.45, 2.75) is 0 Å². The fourth-order valence-corrected chi connectivity index (χ4v) is 1.68. The van der Waals surface area contributed by atoms with Crippen LogP contribution in [0.2, 0.25) is 0 Å². The van der Waals surface area contributed by atoms with Crippen LogP contribution in [-0.2, 0) is 0 Å². The summed E-state index contributed by atoms with van der Waals surface area (Å²) >= 11 is 0. The third-order valence-corrected chi connectivity index (χ3v) is 2.59. The van der Waals surface area contributed by atoms with Gasteiger partial charge in [-0.1, -0.05) is 0 Å². The van der Waals surface area contributed by atoms with E-state index >= 15 is 0 Å². The molecule has 0 aliphatic rings. The van der Waals surface area contributed by atoms with Gasteiger partial charge in [0.15, 0.2) is 11.5 Å². The number of nitrogens with zero attached hydrogens (tertiary/aromatic N) is 6. The van der Waals surface area contributed by atoms with Crippen LogP contribution in [-0.4, -0.2) is 45.6 Å². The molecule has 12 heteroatoms. The summed E-state index contributed by atoms with van der Waals surface area (Å²) in [5.74, 6) is -1.51. The van der Waals surface area contributed by atoms with Crippen molar-refractivity contribution in [2.24, 2.45) is 0 Å². The Bertz CT molecular complexity index is 904. The SMILES string of the molecule is O=C(O)c1nn(-c2ccc3n[nH]c(=O)n3n2)cc1[N+](=O)[O-]. The van der Waals surface area contributed by atoms with Gasteiger partial charge in [0.1, 0.15) is 6.20 Å². The van der Waals surface area contributed by atoms with Gasteiger partial charge in [0, 0.05) is 0 Å². The molecule has 3 rings (SSSR count). The highest BCUT2D eigenvalue weighted by atomic mass is 16.6. The quantitative estimate of drug-likeness (QED) is 0.468. The maximum absolute atomic E-state index is 11.4. The van der Waals surface area contributed by atoms with Gasteiger partial charge in [0.25, 0.3) is 0 Å². The standard InChI is InChI=1S/C9H5N7O5/c17-8(18)7-4(16(20)21)3-14(13-7)6-2-1-5-10-11-9(19)15(5)12-6/h1-3H,(H,11,19)(H,17,18). The van der Waals surface area contributed by atoms with Crippen LogP contribution in [0.1, 0.15) is 10.5 Å². The van der Waals surface area contributed by atoms with Crippen LogP contribution in [0.4, 0.5) is 5.69 Å². The van der Waals surface area contributed by atoms with Gasteiger partial charge in [-0.3, -0.25) is 10.1 Å². The van der Waals surface area contributed by atoms with Gasteiger partial charge < -0.3 is 5.11 Å². The molecule has 106 valence electrons.